The van der Waals surface area contributed by atoms with Crippen LogP contribution in [0.5, 0.6) is 0 Å². The van der Waals surface area contributed by atoms with Gasteiger partial charge in [0.15, 0.2) is 0 Å². The van der Waals surface area contributed by atoms with E-state index in [-0.39, 0.29) is 18.5 Å². The van der Waals surface area contributed by atoms with Gasteiger partial charge in [-0.2, -0.15) is 0 Å². The fourth-order valence-corrected chi connectivity index (χ4v) is 8.64. The highest BCUT2D eigenvalue weighted by atomic mass is 16.5. The fraction of sp³-hybridized carbons (Fsp3) is 0.833. The molecule has 0 rings (SSSR count). The van der Waals surface area contributed by atoms with E-state index in [1.54, 1.807) is 0 Å². The van der Waals surface area contributed by atoms with Crippen molar-refractivity contribution in [3.63, 3.8) is 0 Å². The number of carbonyl (C=O) groups excluding carboxylic acids is 2. The van der Waals surface area contributed by atoms with E-state index in [1.807, 2.05) is 0 Å². The van der Waals surface area contributed by atoms with Crippen molar-refractivity contribution in [3.8, 4) is 0 Å². The first-order chi connectivity index (χ1) is 32.5. The molecule has 0 heterocycles. The Labute approximate surface area is 410 Å². The average molecular weight is 927 g/mol. The minimum Gasteiger partial charge on any atom is -0.466 e. The van der Waals surface area contributed by atoms with Gasteiger partial charge in [0.2, 0.25) is 5.91 Å². The number of unbranched alkanes of at least 4 members (excludes halogenated alkanes) is 34. The molecule has 0 spiro atoms. The highest BCUT2D eigenvalue weighted by Gasteiger charge is 2.20. The van der Waals surface area contributed by atoms with Crippen LogP contribution in [0.25, 0.3) is 0 Å². The van der Waals surface area contributed by atoms with Gasteiger partial charge in [0.1, 0.15) is 0 Å². The van der Waals surface area contributed by atoms with E-state index in [9.17, 15) is 19.8 Å². The zero-order chi connectivity index (χ0) is 47.9. The monoisotopic (exact) mass is 926 g/mol. The van der Waals surface area contributed by atoms with Gasteiger partial charge in [-0.25, -0.2) is 0 Å². The molecule has 2 atom stereocenters. The van der Waals surface area contributed by atoms with Gasteiger partial charge in [0.05, 0.1) is 25.4 Å². The van der Waals surface area contributed by atoms with E-state index < -0.39 is 12.1 Å². The van der Waals surface area contributed by atoms with Gasteiger partial charge < -0.3 is 20.3 Å². The second kappa shape index (κ2) is 55.4. The van der Waals surface area contributed by atoms with Crippen molar-refractivity contribution in [1.29, 1.82) is 0 Å². The molecular weight excluding hydrogens is 815 g/mol. The molecule has 3 N–H and O–H groups in total. The van der Waals surface area contributed by atoms with E-state index in [4.69, 9.17) is 4.74 Å². The number of carbonyl (C=O) groups is 2. The zero-order valence-corrected chi connectivity index (χ0v) is 43.9. The van der Waals surface area contributed by atoms with Crippen LogP contribution in [0.2, 0.25) is 0 Å². The van der Waals surface area contributed by atoms with Gasteiger partial charge in [-0.1, -0.05) is 236 Å². The molecular formula is C60H111NO5. The number of aliphatic hydroxyl groups is 2. The van der Waals surface area contributed by atoms with Crippen LogP contribution >= 0.6 is 0 Å². The van der Waals surface area contributed by atoms with Crippen molar-refractivity contribution in [2.45, 2.75) is 309 Å². The van der Waals surface area contributed by atoms with Gasteiger partial charge in [-0.3, -0.25) is 9.59 Å². The number of nitrogens with one attached hydrogen (secondary N) is 1. The average Bonchev–Trinajstić information content (AvgIpc) is 3.32. The summed E-state index contributed by atoms with van der Waals surface area (Å²) in [6.07, 6.45) is 69.5. The second-order valence-electron chi connectivity index (χ2n) is 19.6. The Hall–Kier alpha value is -2.18. The molecule has 1 amide bonds. The normalized spacial score (nSPS) is 13.0. The highest BCUT2D eigenvalue weighted by Crippen LogP contribution is 2.16. The third-order valence-corrected chi connectivity index (χ3v) is 13.1. The molecule has 0 aromatic rings. The van der Waals surface area contributed by atoms with Gasteiger partial charge in [-0.15, -0.1) is 0 Å². The first-order valence-electron chi connectivity index (χ1n) is 28.9. The molecule has 6 nitrogen and oxygen atoms in total. The summed E-state index contributed by atoms with van der Waals surface area (Å²) in [5, 5.41) is 23.3. The summed E-state index contributed by atoms with van der Waals surface area (Å²) in [4.78, 5) is 24.5. The maximum atomic E-state index is 12.5. The summed E-state index contributed by atoms with van der Waals surface area (Å²) >= 11 is 0. The highest BCUT2D eigenvalue weighted by molar-refractivity contribution is 5.76. The quantitative estimate of drug-likeness (QED) is 0.0321. The Morgan fingerprint density at radius 3 is 1.18 bits per heavy atom. The Balaban J connectivity index is 3.51. The largest absolute Gasteiger partial charge is 0.466 e. The zero-order valence-electron chi connectivity index (χ0n) is 43.9. The molecule has 6 heteroatoms. The predicted octanol–water partition coefficient (Wildman–Crippen LogP) is 17.8. The molecule has 2 unspecified atom stereocenters. The fourth-order valence-electron chi connectivity index (χ4n) is 8.64. The number of hydrogen-bond acceptors (Lipinski definition) is 5. The summed E-state index contributed by atoms with van der Waals surface area (Å²) in [5.41, 5.74) is 0. The molecule has 0 aliphatic rings. The molecule has 66 heavy (non-hydrogen) atoms. The number of hydrogen-bond donors (Lipinski definition) is 3. The summed E-state index contributed by atoms with van der Waals surface area (Å²) < 4.78 is 5.44. The minimum atomic E-state index is -0.676. The van der Waals surface area contributed by atoms with Crippen molar-refractivity contribution in [3.05, 3.63) is 48.6 Å². The maximum Gasteiger partial charge on any atom is 0.305 e. The number of aliphatic hydroxyl groups excluding tert-OH is 2. The number of ether oxygens (including phenoxy) is 1. The summed E-state index contributed by atoms with van der Waals surface area (Å²) in [5.74, 6) is -0.0806. The first-order valence-corrected chi connectivity index (χ1v) is 28.9. The van der Waals surface area contributed by atoms with E-state index in [0.29, 0.717) is 25.9 Å². The van der Waals surface area contributed by atoms with Crippen LogP contribution in [0.1, 0.15) is 296 Å². The second-order valence-corrected chi connectivity index (χ2v) is 19.6. The SMILES string of the molecule is CCCCC/C=C\C/C=C\CCCCCCCC(=O)OCCCCC/C=C\C/C=C\CCCCCCCCCC(=O)NC(CO)C(O)CCCCCCCCCCCCCCCCCCC. The molecule has 0 saturated heterocycles. The molecule has 0 radical (unpaired) electrons. The molecule has 0 bridgehead atoms. The summed E-state index contributed by atoms with van der Waals surface area (Å²) in [7, 11) is 0. The Morgan fingerprint density at radius 1 is 0.424 bits per heavy atom. The number of esters is 1. The van der Waals surface area contributed by atoms with Gasteiger partial charge in [0.25, 0.3) is 0 Å². The van der Waals surface area contributed by atoms with Crippen LogP contribution in [0.4, 0.5) is 0 Å². The minimum absolute atomic E-state index is 0.0297. The molecule has 0 aromatic heterocycles. The first kappa shape index (κ1) is 63.8. The third kappa shape index (κ3) is 51.2. The molecule has 0 saturated carbocycles. The number of amides is 1. The smallest absolute Gasteiger partial charge is 0.305 e. The van der Waals surface area contributed by atoms with Gasteiger partial charge in [-0.05, 0) is 96.3 Å². The van der Waals surface area contributed by atoms with Crippen LogP contribution in [0, 0.1) is 0 Å². The Bertz CT molecular complexity index is 1110. The maximum absolute atomic E-state index is 12.5. The lowest BCUT2D eigenvalue weighted by Crippen LogP contribution is -2.45. The predicted molar refractivity (Wildman–Crippen MR) is 287 cm³/mol. The third-order valence-electron chi connectivity index (χ3n) is 13.1. The van der Waals surface area contributed by atoms with Crippen LogP contribution in [0.15, 0.2) is 48.6 Å². The summed E-state index contributed by atoms with van der Waals surface area (Å²) in [6, 6.07) is -0.555. The molecule has 0 aliphatic heterocycles. The number of allylic oxidation sites excluding steroid dienone is 8. The van der Waals surface area contributed by atoms with E-state index in [2.05, 4.69) is 67.8 Å². The van der Waals surface area contributed by atoms with Crippen LogP contribution in [-0.4, -0.2) is 47.4 Å². The molecule has 0 aliphatic carbocycles. The molecule has 0 aromatic carbocycles. The standard InChI is InChI=1S/C60H111NO5/c1-3-5-7-9-11-13-15-17-19-21-25-28-32-36-40-44-48-52-58(63)57(56-62)61-59(64)53-49-45-41-37-33-29-26-22-20-23-27-31-35-39-43-47-51-55-66-60(65)54-50-46-42-38-34-30-24-18-16-14-12-10-8-6-4-2/h12,14,18,20,23-24,31,35,57-58,62-63H,3-11,13,15-17,19,21-22,25-30,32-34,36-56H2,1-2H3,(H,61,64)/b14-12-,23-20-,24-18-,35-31-. The van der Waals surface area contributed by atoms with Crippen LogP contribution in [-0.2, 0) is 14.3 Å². The van der Waals surface area contributed by atoms with Crippen LogP contribution < -0.4 is 5.32 Å². The van der Waals surface area contributed by atoms with Crippen molar-refractivity contribution < 1.29 is 24.5 Å². The Morgan fingerprint density at radius 2 is 0.758 bits per heavy atom. The van der Waals surface area contributed by atoms with E-state index in [1.165, 1.54) is 167 Å². The van der Waals surface area contributed by atoms with Gasteiger partial charge in [0, 0.05) is 12.8 Å². The lowest BCUT2D eigenvalue weighted by atomic mass is 10.0. The van der Waals surface area contributed by atoms with Crippen molar-refractivity contribution >= 4 is 11.9 Å². The Kier molecular flexibility index (Phi) is 53.6. The van der Waals surface area contributed by atoms with Crippen molar-refractivity contribution in [2.24, 2.45) is 0 Å². The van der Waals surface area contributed by atoms with Crippen molar-refractivity contribution in [1.82, 2.24) is 5.32 Å². The van der Waals surface area contributed by atoms with Crippen molar-refractivity contribution in [2.75, 3.05) is 13.2 Å². The lowest BCUT2D eigenvalue weighted by molar-refractivity contribution is -0.143. The topological polar surface area (TPSA) is 95.9 Å². The van der Waals surface area contributed by atoms with E-state index in [0.717, 1.165) is 96.3 Å². The van der Waals surface area contributed by atoms with E-state index >= 15 is 0 Å². The van der Waals surface area contributed by atoms with Crippen LogP contribution in [0.3, 0.4) is 0 Å². The summed E-state index contributed by atoms with van der Waals surface area (Å²) in [6.45, 7) is 4.88. The number of rotatable bonds is 53. The molecule has 386 valence electrons. The lowest BCUT2D eigenvalue weighted by Gasteiger charge is -2.22. The van der Waals surface area contributed by atoms with Gasteiger partial charge >= 0.3 is 5.97 Å². The molecule has 0 fully saturated rings.